The number of hydrogen-bond donors (Lipinski definition) is 2. The highest BCUT2D eigenvalue weighted by atomic mass is 16.5. The Balaban J connectivity index is 2.13. The second-order valence-electron chi connectivity index (χ2n) is 6.49. The van der Waals surface area contributed by atoms with Gasteiger partial charge in [0.2, 0.25) is 11.7 Å². The van der Waals surface area contributed by atoms with Gasteiger partial charge in [0.05, 0.1) is 27.0 Å². The summed E-state index contributed by atoms with van der Waals surface area (Å²) < 4.78 is 16.1. The molecule has 0 aliphatic heterocycles. The second-order valence-corrected chi connectivity index (χ2v) is 6.49. The standard InChI is InChI=1S/C23H24N2O5/c1-5-21(26)25-18-9-8-14(17-7-6-10-24-17)11-16(18)22(27)15-12-19(28-2)23(30-4)20(13-15)29-3/h6-13,24H,5H2,1-4H3,(H,25,26). The number of aromatic nitrogens is 1. The smallest absolute Gasteiger partial charge is 0.224 e. The molecule has 3 rings (SSSR count). The first kappa shape index (κ1) is 21.0. The van der Waals surface area contributed by atoms with E-state index < -0.39 is 0 Å². The lowest BCUT2D eigenvalue weighted by atomic mass is 9.97. The van der Waals surface area contributed by atoms with Crippen molar-refractivity contribution in [2.75, 3.05) is 26.6 Å². The van der Waals surface area contributed by atoms with E-state index in [9.17, 15) is 9.59 Å². The fraction of sp³-hybridized carbons (Fsp3) is 0.217. The van der Waals surface area contributed by atoms with Crippen LogP contribution in [0.15, 0.2) is 48.7 Å². The molecule has 0 saturated carbocycles. The number of aromatic amines is 1. The van der Waals surface area contributed by atoms with Crippen LogP contribution in [0.3, 0.4) is 0 Å². The Bertz CT molecular complexity index is 1030. The van der Waals surface area contributed by atoms with E-state index in [-0.39, 0.29) is 11.7 Å². The van der Waals surface area contributed by atoms with Crippen molar-refractivity contribution in [1.82, 2.24) is 4.98 Å². The Hall–Kier alpha value is -3.74. The molecular formula is C23H24N2O5. The fourth-order valence-electron chi connectivity index (χ4n) is 3.12. The molecule has 0 bridgehead atoms. The van der Waals surface area contributed by atoms with Gasteiger partial charge in [0.1, 0.15) is 0 Å². The number of carbonyl (C=O) groups is 2. The van der Waals surface area contributed by atoms with Crippen LogP contribution >= 0.6 is 0 Å². The zero-order chi connectivity index (χ0) is 21.7. The quantitative estimate of drug-likeness (QED) is 0.543. The molecule has 0 fully saturated rings. The molecule has 7 nitrogen and oxygen atoms in total. The lowest BCUT2D eigenvalue weighted by molar-refractivity contribution is -0.115. The van der Waals surface area contributed by atoms with Gasteiger partial charge in [0, 0.05) is 29.4 Å². The molecule has 0 unspecified atom stereocenters. The Kier molecular flexibility index (Phi) is 6.41. The number of methoxy groups -OCH3 is 3. The van der Waals surface area contributed by atoms with Crippen LogP contribution in [0.5, 0.6) is 17.2 Å². The van der Waals surface area contributed by atoms with Crippen LogP contribution in [-0.4, -0.2) is 38.0 Å². The van der Waals surface area contributed by atoms with Crippen LogP contribution in [0.1, 0.15) is 29.3 Å². The van der Waals surface area contributed by atoms with E-state index in [1.54, 1.807) is 31.2 Å². The number of H-pyrrole nitrogens is 1. The molecule has 0 saturated heterocycles. The van der Waals surface area contributed by atoms with Crippen LogP contribution < -0.4 is 19.5 Å². The third kappa shape index (κ3) is 4.15. The highest BCUT2D eigenvalue weighted by Gasteiger charge is 2.21. The van der Waals surface area contributed by atoms with Crippen molar-refractivity contribution >= 4 is 17.4 Å². The number of anilines is 1. The number of carbonyl (C=O) groups excluding carboxylic acids is 2. The third-order valence-electron chi connectivity index (χ3n) is 4.70. The van der Waals surface area contributed by atoms with E-state index in [0.717, 1.165) is 11.3 Å². The third-order valence-corrected chi connectivity index (χ3v) is 4.70. The highest BCUT2D eigenvalue weighted by molar-refractivity contribution is 6.15. The normalized spacial score (nSPS) is 10.4. The predicted octanol–water partition coefficient (Wildman–Crippen LogP) is 4.29. The lowest BCUT2D eigenvalue weighted by Gasteiger charge is -2.15. The van der Waals surface area contributed by atoms with Crippen molar-refractivity contribution in [2.45, 2.75) is 13.3 Å². The van der Waals surface area contributed by atoms with Crippen LogP contribution in [0.2, 0.25) is 0 Å². The number of benzene rings is 2. The first-order valence-electron chi connectivity index (χ1n) is 9.44. The first-order chi connectivity index (χ1) is 14.5. The van der Waals surface area contributed by atoms with Crippen LogP contribution in [0.25, 0.3) is 11.3 Å². The topological polar surface area (TPSA) is 89.7 Å². The predicted molar refractivity (Wildman–Crippen MR) is 115 cm³/mol. The number of ether oxygens (including phenoxy) is 3. The van der Waals surface area contributed by atoms with E-state index in [0.29, 0.717) is 40.5 Å². The zero-order valence-corrected chi connectivity index (χ0v) is 17.4. The van der Waals surface area contributed by atoms with E-state index in [2.05, 4.69) is 10.3 Å². The largest absolute Gasteiger partial charge is 0.493 e. The van der Waals surface area contributed by atoms with Gasteiger partial charge in [-0.15, -0.1) is 0 Å². The van der Waals surface area contributed by atoms with Gasteiger partial charge in [-0.2, -0.15) is 0 Å². The number of amides is 1. The van der Waals surface area contributed by atoms with Crippen molar-refractivity contribution in [3.8, 4) is 28.5 Å². The summed E-state index contributed by atoms with van der Waals surface area (Å²) in [4.78, 5) is 28.6. The van der Waals surface area contributed by atoms with Crippen LogP contribution in [-0.2, 0) is 4.79 Å². The van der Waals surface area contributed by atoms with Gasteiger partial charge in [0.15, 0.2) is 17.3 Å². The SMILES string of the molecule is CCC(=O)Nc1ccc(-c2ccc[nH]2)cc1C(=O)c1cc(OC)c(OC)c(OC)c1. The van der Waals surface area contributed by atoms with Crippen molar-refractivity contribution in [2.24, 2.45) is 0 Å². The summed E-state index contributed by atoms with van der Waals surface area (Å²) >= 11 is 0. The summed E-state index contributed by atoms with van der Waals surface area (Å²) in [6.07, 6.45) is 2.11. The average Bonchev–Trinajstić information content (AvgIpc) is 3.32. The molecule has 2 N–H and O–H groups in total. The van der Waals surface area contributed by atoms with E-state index >= 15 is 0 Å². The summed E-state index contributed by atoms with van der Waals surface area (Å²) in [5.41, 5.74) is 2.84. The molecule has 1 heterocycles. The molecule has 0 atom stereocenters. The molecule has 156 valence electrons. The number of rotatable bonds is 8. The first-order valence-corrected chi connectivity index (χ1v) is 9.44. The zero-order valence-electron chi connectivity index (χ0n) is 17.4. The van der Waals surface area contributed by atoms with Gasteiger partial charge < -0.3 is 24.5 Å². The summed E-state index contributed by atoms with van der Waals surface area (Å²) in [6, 6.07) is 12.3. The van der Waals surface area contributed by atoms with Gasteiger partial charge in [-0.05, 0) is 42.0 Å². The monoisotopic (exact) mass is 408 g/mol. The lowest BCUT2D eigenvalue weighted by Crippen LogP contribution is -2.14. The van der Waals surface area contributed by atoms with Gasteiger partial charge in [0.25, 0.3) is 0 Å². The van der Waals surface area contributed by atoms with Crippen LogP contribution in [0.4, 0.5) is 5.69 Å². The van der Waals surface area contributed by atoms with E-state index in [1.807, 2.05) is 24.4 Å². The number of ketones is 1. The van der Waals surface area contributed by atoms with Gasteiger partial charge in [-0.25, -0.2) is 0 Å². The average molecular weight is 408 g/mol. The maximum atomic E-state index is 13.5. The van der Waals surface area contributed by atoms with E-state index in [4.69, 9.17) is 14.2 Å². The highest BCUT2D eigenvalue weighted by Crippen LogP contribution is 2.39. The minimum absolute atomic E-state index is 0.179. The van der Waals surface area contributed by atoms with Crippen molar-refractivity contribution < 1.29 is 23.8 Å². The molecule has 1 amide bonds. The van der Waals surface area contributed by atoms with Gasteiger partial charge in [-0.1, -0.05) is 13.0 Å². The minimum atomic E-state index is -0.283. The van der Waals surface area contributed by atoms with Crippen molar-refractivity contribution in [1.29, 1.82) is 0 Å². The Morgan fingerprint density at radius 3 is 2.20 bits per heavy atom. The van der Waals surface area contributed by atoms with Crippen LogP contribution in [0, 0.1) is 0 Å². The molecule has 7 heteroatoms. The van der Waals surface area contributed by atoms with Crippen molar-refractivity contribution in [3.63, 3.8) is 0 Å². The molecule has 0 aliphatic carbocycles. The molecule has 1 aromatic heterocycles. The Morgan fingerprint density at radius 2 is 1.67 bits per heavy atom. The fourth-order valence-corrected chi connectivity index (χ4v) is 3.12. The summed E-state index contributed by atoms with van der Waals surface area (Å²) in [7, 11) is 4.48. The Labute approximate surface area is 175 Å². The maximum Gasteiger partial charge on any atom is 0.224 e. The Morgan fingerprint density at radius 1 is 0.967 bits per heavy atom. The molecule has 30 heavy (non-hydrogen) atoms. The van der Waals surface area contributed by atoms with Gasteiger partial charge in [-0.3, -0.25) is 9.59 Å². The molecule has 2 aromatic carbocycles. The van der Waals surface area contributed by atoms with Gasteiger partial charge >= 0.3 is 0 Å². The summed E-state index contributed by atoms with van der Waals surface area (Å²) in [5.74, 6) is 0.687. The summed E-state index contributed by atoms with van der Waals surface area (Å²) in [5, 5.41) is 2.81. The molecule has 0 radical (unpaired) electrons. The molecule has 0 aliphatic rings. The number of hydrogen-bond acceptors (Lipinski definition) is 5. The van der Waals surface area contributed by atoms with E-state index in [1.165, 1.54) is 21.3 Å². The molecule has 0 spiro atoms. The maximum absolute atomic E-state index is 13.5. The summed E-state index contributed by atoms with van der Waals surface area (Å²) in [6.45, 7) is 1.75. The molecule has 3 aromatic rings. The second kappa shape index (κ2) is 9.17. The number of nitrogens with one attached hydrogen (secondary N) is 2. The molecular weight excluding hydrogens is 384 g/mol. The van der Waals surface area contributed by atoms with Crippen molar-refractivity contribution in [3.05, 3.63) is 59.8 Å². The minimum Gasteiger partial charge on any atom is -0.493 e.